The standard InChI is InChI=1S/C16H14BrClN2O/c1-21-16-7-12(3-5-14(16)17)19-8-10-9-20-15-6-11(18)2-4-13(10)15/h2-7,9,19-20H,8H2,1H3. The average Bonchev–Trinajstić information content (AvgIpc) is 2.88. The first-order valence-corrected chi connectivity index (χ1v) is 7.67. The van der Waals surface area contributed by atoms with Gasteiger partial charge in [-0.2, -0.15) is 0 Å². The van der Waals surface area contributed by atoms with Gasteiger partial charge in [0.25, 0.3) is 0 Å². The van der Waals surface area contributed by atoms with E-state index in [0.717, 1.165) is 33.0 Å². The fraction of sp³-hybridized carbons (Fsp3) is 0.125. The Morgan fingerprint density at radius 1 is 1.24 bits per heavy atom. The number of benzene rings is 2. The second kappa shape index (κ2) is 6.00. The Morgan fingerprint density at radius 3 is 2.90 bits per heavy atom. The van der Waals surface area contributed by atoms with Crippen molar-refractivity contribution >= 4 is 44.1 Å². The minimum Gasteiger partial charge on any atom is -0.495 e. The fourth-order valence-electron chi connectivity index (χ4n) is 2.27. The van der Waals surface area contributed by atoms with Crippen LogP contribution in [0.1, 0.15) is 5.56 Å². The average molecular weight is 366 g/mol. The summed E-state index contributed by atoms with van der Waals surface area (Å²) in [6, 6.07) is 11.8. The number of halogens is 2. The summed E-state index contributed by atoms with van der Waals surface area (Å²) >= 11 is 9.44. The highest BCUT2D eigenvalue weighted by Gasteiger charge is 2.05. The molecule has 0 radical (unpaired) electrons. The molecule has 0 aliphatic rings. The van der Waals surface area contributed by atoms with Crippen LogP contribution in [0, 0.1) is 0 Å². The van der Waals surface area contributed by atoms with Gasteiger partial charge < -0.3 is 15.0 Å². The lowest BCUT2D eigenvalue weighted by atomic mass is 10.1. The fourth-order valence-corrected chi connectivity index (χ4v) is 2.85. The molecule has 0 saturated carbocycles. The van der Waals surface area contributed by atoms with Crippen molar-refractivity contribution in [2.45, 2.75) is 6.54 Å². The number of anilines is 1. The lowest BCUT2D eigenvalue weighted by Crippen LogP contribution is -1.99. The summed E-state index contributed by atoms with van der Waals surface area (Å²) in [4.78, 5) is 3.24. The van der Waals surface area contributed by atoms with E-state index in [4.69, 9.17) is 16.3 Å². The van der Waals surface area contributed by atoms with Crippen molar-refractivity contribution in [1.29, 1.82) is 0 Å². The molecule has 0 amide bonds. The molecule has 3 nitrogen and oxygen atoms in total. The highest BCUT2D eigenvalue weighted by molar-refractivity contribution is 9.10. The minimum absolute atomic E-state index is 0.729. The molecule has 21 heavy (non-hydrogen) atoms. The Hall–Kier alpha value is -1.65. The number of hydrogen-bond donors (Lipinski definition) is 2. The van der Waals surface area contributed by atoms with Crippen LogP contribution in [-0.2, 0) is 6.54 Å². The molecule has 3 aromatic rings. The summed E-state index contributed by atoms with van der Waals surface area (Å²) in [6.45, 7) is 0.729. The van der Waals surface area contributed by atoms with E-state index in [1.165, 1.54) is 10.9 Å². The number of ether oxygens (including phenoxy) is 1. The third-order valence-electron chi connectivity index (χ3n) is 3.36. The Morgan fingerprint density at radius 2 is 2.10 bits per heavy atom. The van der Waals surface area contributed by atoms with Gasteiger partial charge in [-0.1, -0.05) is 17.7 Å². The van der Waals surface area contributed by atoms with Crippen molar-refractivity contribution in [3.05, 3.63) is 57.7 Å². The zero-order chi connectivity index (χ0) is 14.8. The van der Waals surface area contributed by atoms with Gasteiger partial charge in [0.05, 0.1) is 11.6 Å². The number of fused-ring (bicyclic) bond motifs is 1. The van der Waals surface area contributed by atoms with E-state index in [9.17, 15) is 0 Å². The van der Waals surface area contributed by atoms with Gasteiger partial charge >= 0.3 is 0 Å². The minimum atomic E-state index is 0.729. The van der Waals surface area contributed by atoms with Gasteiger partial charge in [0.2, 0.25) is 0 Å². The lowest BCUT2D eigenvalue weighted by Gasteiger charge is -2.09. The highest BCUT2D eigenvalue weighted by atomic mass is 79.9. The summed E-state index contributed by atoms with van der Waals surface area (Å²) in [5, 5.41) is 5.32. The topological polar surface area (TPSA) is 37.0 Å². The summed E-state index contributed by atoms with van der Waals surface area (Å²) < 4.78 is 6.24. The van der Waals surface area contributed by atoms with Crippen LogP contribution in [-0.4, -0.2) is 12.1 Å². The molecule has 0 bridgehead atoms. The van der Waals surface area contributed by atoms with Gasteiger partial charge in [0, 0.05) is 40.4 Å². The summed E-state index contributed by atoms with van der Waals surface area (Å²) in [5.74, 6) is 0.811. The summed E-state index contributed by atoms with van der Waals surface area (Å²) in [7, 11) is 1.66. The lowest BCUT2D eigenvalue weighted by molar-refractivity contribution is 0.412. The molecule has 0 aliphatic heterocycles. The molecule has 1 heterocycles. The molecule has 1 aromatic heterocycles. The molecule has 0 atom stereocenters. The third kappa shape index (κ3) is 3.01. The van der Waals surface area contributed by atoms with E-state index in [2.05, 4.69) is 26.2 Å². The van der Waals surface area contributed by atoms with Crippen LogP contribution in [0.15, 0.2) is 47.1 Å². The van der Waals surface area contributed by atoms with Crippen molar-refractivity contribution in [2.75, 3.05) is 12.4 Å². The van der Waals surface area contributed by atoms with Crippen LogP contribution in [0.3, 0.4) is 0 Å². The monoisotopic (exact) mass is 364 g/mol. The second-order valence-corrected chi connectivity index (χ2v) is 6.00. The third-order valence-corrected chi connectivity index (χ3v) is 4.25. The number of hydrogen-bond acceptors (Lipinski definition) is 2. The second-order valence-electron chi connectivity index (χ2n) is 4.71. The molecule has 5 heteroatoms. The highest BCUT2D eigenvalue weighted by Crippen LogP contribution is 2.28. The molecule has 2 N–H and O–H groups in total. The van der Waals surface area contributed by atoms with Gasteiger partial charge in [-0.05, 0) is 45.8 Å². The summed E-state index contributed by atoms with van der Waals surface area (Å²) in [5.41, 5.74) is 3.26. The summed E-state index contributed by atoms with van der Waals surface area (Å²) in [6.07, 6.45) is 2.00. The van der Waals surface area contributed by atoms with Crippen molar-refractivity contribution in [1.82, 2.24) is 4.98 Å². The maximum absolute atomic E-state index is 6.00. The van der Waals surface area contributed by atoms with Crippen molar-refractivity contribution in [3.63, 3.8) is 0 Å². The van der Waals surface area contributed by atoms with Crippen molar-refractivity contribution in [2.24, 2.45) is 0 Å². The van der Waals surface area contributed by atoms with E-state index in [1.807, 2.05) is 42.6 Å². The maximum Gasteiger partial charge on any atom is 0.135 e. The van der Waals surface area contributed by atoms with E-state index in [-0.39, 0.29) is 0 Å². The molecule has 108 valence electrons. The van der Waals surface area contributed by atoms with Crippen molar-refractivity contribution in [3.8, 4) is 5.75 Å². The molecular weight excluding hydrogens is 352 g/mol. The van der Waals surface area contributed by atoms with Gasteiger partial charge in [0.1, 0.15) is 5.75 Å². The Bertz CT molecular complexity index is 785. The number of aromatic nitrogens is 1. The maximum atomic E-state index is 6.00. The molecule has 0 spiro atoms. The van der Waals surface area contributed by atoms with Gasteiger partial charge in [-0.15, -0.1) is 0 Å². The Kier molecular flexibility index (Phi) is 4.08. The van der Waals surface area contributed by atoms with Crippen LogP contribution < -0.4 is 10.1 Å². The molecule has 0 saturated heterocycles. The largest absolute Gasteiger partial charge is 0.495 e. The normalized spacial score (nSPS) is 10.8. The van der Waals surface area contributed by atoms with Crippen molar-refractivity contribution < 1.29 is 4.74 Å². The first kappa shape index (κ1) is 14.3. The van der Waals surface area contributed by atoms with Crippen LogP contribution in [0.5, 0.6) is 5.75 Å². The number of nitrogens with one attached hydrogen (secondary N) is 2. The van der Waals surface area contributed by atoms with Gasteiger partial charge in [-0.3, -0.25) is 0 Å². The smallest absolute Gasteiger partial charge is 0.135 e. The SMILES string of the molecule is COc1cc(NCc2c[nH]c3cc(Cl)ccc23)ccc1Br. The number of H-pyrrole nitrogens is 1. The van der Waals surface area contributed by atoms with E-state index >= 15 is 0 Å². The van der Waals surface area contributed by atoms with Crippen LogP contribution in [0.25, 0.3) is 10.9 Å². The first-order chi connectivity index (χ1) is 10.2. The molecule has 0 aliphatic carbocycles. The molecular formula is C16H14BrClN2O. The zero-order valence-corrected chi connectivity index (χ0v) is 13.8. The Labute approximate surface area is 136 Å². The van der Waals surface area contributed by atoms with Gasteiger partial charge in [0.15, 0.2) is 0 Å². The van der Waals surface area contributed by atoms with Crippen LogP contribution >= 0.6 is 27.5 Å². The Balaban J connectivity index is 1.80. The first-order valence-electron chi connectivity index (χ1n) is 6.50. The quantitative estimate of drug-likeness (QED) is 0.666. The predicted octanol–water partition coefficient (Wildman–Crippen LogP) is 5.20. The number of rotatable bonds is 4. The van der Waals surface area contributed by atoms with E-state index < -0.39 is 0 Å². The number of aromatic amines is 1. The molecule has 0 fully saturated rings. The van der Waals surface area contributed by atoms with E-state index in [1.54, 1.807) is 7.11 Å². The van der Waals surface area contributed by atoms with Gasteiger partial charge in [-0.25, -0.2) is 0 Å². The molecule has 0 unspecified atom stereocenters. The van der Waals surface area contributed by atoms with Crippen LogP contribution in [0.2, 0.25) is 5.02 Å². The number of methoxy groups -OCH3 is 1. The molecule has 3 rings (SSSR count). The van der Waals surface area contributed by atoms with E-state index in [0.29, 0.717) is 0 Å². The molecule has 2 aromatic carbocycles. The predicted molar refractivity (Wildman–Crippen MR) is 91.3 cm³/mol. The van der Waals surface area contributed by atoms with Crippen LogP contribution in [0.4, 0.5) is 5.69 Å². The zero-order valence-electron chi connectivity index (χ0n) is 11.4.